The lowest BCUT2D eigenvalue weighted by atomic mass is 9.99. The molecule has 0 amide bonds. The van der Waals surface area contributed by atoms with Crippen LogP contribution in [-0.4, -0.2) is 96.7 Å². The standard InChI is InChI=1S/C88H172O17P2/c1-7-10-12-14-16-18-19-20-21-22-23-24-25-26-27-32-38-43-48-54-60-66-72-88(93)105-84(77-99-86(91)71-65-59-53-47-42-37-31-29-28-30-35-40-45-50-56-62-68-80(4)5)79-103-107(96,97)101-75-82(89)74-100-106(94,95)102-78-83(76-98-85(90)70-64-58-52-17-15-13-11-8-2)104-87(92)73-67-61-55-49-44-39-34-33-36-41-46-51-57-63-69-81(6)9-3/h80-84,89H,7-79H2,1-6H3,(H,94,95)(H,96,97)/t81?,82-,83+,84+/m0/s1. The SMILES string of the molecule is CCCCCCCCCCCCCCCCCCCCCCCCC(=O)O[C@H](COC(=O)CCCCCCCCCCCCCCCCCCC(C)C)COP(=O)(O)OC[C@@H](O)COP(=O)(O)OC[C@@H](COC(=O)CCCCCCCCCC)OC(=O)CCCCCCCCCCCCCCCCC(C)CC. The second-order valence-corrected chi connectivity index (χ2v) is 35.3. The van der Waals surface area contributed by atoms with Gasteiger partial charge in [-0.05, 0) is 37.5 Å². The van der Waals surface area contributed by atoms with Gasteiger partial charge in [0.15, 0.2) is 12.2 Å². The molecule has 0 rings (SSSR count). The van der Waals surface area contributed by atoms with Crippen molar-refractivity contribution in [3.05, 3.63) is 0 Å². The van der Waals surface area contributed by atoms with Gasteiger partial charge >= 0.3 is 39.5 Å². The van der Waals surface area contributed by atoms with Gasteiger partial charge in [-0.2, -0.15) is 0 Å². The van der Waals surface area contributed by atoms with Crippen LogP contribution in [0.15, 0.2) is 0 Å². The second kappa shape index (κ2) is 79.3. The summed E-state index contributed by atoms with van der Waals surface area (Å²) in [6, 6.07) is 0. The highest BCUT2D eigenvalue weighted by molar-refractivity contribution is 7.47. The Balaban J connectivity index is 5.18. The Kier molecular flexibility index (Phi) is 77.9. The van der Waals surface area contributed by atoms with E-state index in [0.717, 1.165) is 108 Å². The number of hydrogen-bond donors (Lipinski definition) is 3. The number of unbranched alkanes of at least 4 members (excludes halogenated alkanes) is 56. The summed E-state index contributed by atoms with van der Waals surface area (Å²) in [5.41, 5.74) is 0. The van der Waals surface area contributed by atoms with E-state index in [1.165, 1.54) is 283 Å². The summed E-state index contributed by atoms with van der Waals surface area (Å²) >= 11 is 0. The molecule has 3 N–H and O–H groups in total. The Hall–Kier alpha value is -1.94. The molecule has 0 aromatic rings. The van der Waals surface area contributed by atoms with Crippen LogP contribution in [0.4, 0.5) is 0 Å². The third-order valence-corrected chi connectivity index (χ3v) is 23.0. The Morgan fingerprint density at radius 1 is 0.271 bits per heavy atom. The Morgan fingerprint density at radius 2 is 0.477 bits per heavy atom. The van der Waals surface area contributed by atoms with Gasteiger partial charge in [-0.15, -0.1) is 0 Å². The molecule has 0 heterocycles. The number of aliphatic hydroxyl groups excluding tert-OH is 1. The van der Waals surface area contributed by atoms with Gasteiger partial charge in [0.2, 0.25) is 0 Å². The van der Waals surface area contributed by atoms with Crippen LogP contribution >= 0.6 is 15.6 Å². The molecule has 0 aromatic heterocycles. The first-order valence-corrected chi connectivity index (χ1v) is 48.5. The summed E-state index contributed by atoms with van der Waals surface area (Å²) in [7, 11) is -9.93. The molecular formula is C88H172O17P2. The molecule has 636 valence electrons. The van der Waals surface area contributed by atoms with E-state index in [9.17, 15) is 43.2 Å². The van der Waals surface area contributed by atoms with E-state index < -0.39 is 97.5 Å². The zero-order valence-electron chi connectivity index (χ0n) is 70.5. The smallest absolute Gasteiger partial charge is 0.462 e. The van der Waals surface area contributed by atoms with Crippen molar-refractivity contribution in [2.24, 2.45) is 11.8 Å². The minimum absolute atomic E-state index is 0.108. The molecule has 0 bridgehead atoms. The molecule has 0 aliphatic rings. The number of carbonyl (C=O) groups is 4. The van der Waals surface area contributed by atoms with Gasteiger partial charge in [0.25, 0.3) is 0 Å². The summed E-state index contributed by atoms with van der Waals surface area (Å²) in [4.78, 5) is 73.2. The van der Waals surface area contributed by atoms with Crippen LogP contribution in [0, 0.1) is 11.8 Å². The topological polar surface area (TPSA) is 237 Å². The monoisotopic (exact) mass is 1560 g/mol. The number of rotatable bonds is 87. The lowest BCUT2D eigenvalue weighted by Gasteiger charge is -2.21. The van der Waals surface area contributed by atoms with E-state index in [4.69, 9.17) is 37.0 Å². The summed E-state index contributed by atoms with van der Waals surface area (Å²) in [5.74, 6) is -0.444. The number of ether oxygens (including phenoxy) is 4. The molecule has 19 heteroatoms. The average Bonchev–Trinajstić information content (AvgIpc) is 0.903. The third-order valence-electron chi connectivity index (χ3n) is 21.1. The minimum Gasteiger partial charge on any atom is -0.462 e. The van der Waals surface area contributed by atoms with Crippen molar-refractivity contribution in [3.63, 3.8) is 0 Å². The molecule has 3 unspecified atom stereocenters. The zero-order chi connectivity index (χ0) is 78.5. The third kappa shape index (κ3) is 80.5. The van der Waals surface area contributed by atoms with Gasteiger partial charge in [-0.25, -0.2) is 9.13 Å². The molecule has 0 fully saturated rings. The number of aliphatic hydroxyl groups is 1. The predicted molar refractivity (Wildman–Crippen MR) is 442 cm³/mol. The number of phosphoric acid groups is 2. The van der Waals surface area contributed by atoms with Crippen molar-refractivity contribution >= 4 is 39.5 Å². The van der Waals surface area contributed by atoms with Crippen molar-refractivity contribution in [3.8, 4) is 0 Å². The van der Waals surface area contributed by atoms with Crippen LogP contribution < -0.4 is 0 Å². The van der Waals surface area contributed by atoms with E-state index in [-0.39, 0.29) is 25.7 Å². The van der Waals surface area contributed by atoms with Crippen LogP contribution in [0.1, 0.15) is 472 Å². The normalized spacial score (nSPS) is 14.0. The quantitative estimate of drug-likeness (QED) is 0.0222. The maximum atomic E-state index is 13.2. The van der Waals surface area contributed by atoms with E-state index in [0.29, 0.717) is 25.7 Å². The van der Waals surface area contributed by atoms with Gasteiger partial charge in [-0.3, -0.25) is 37.3 Å². The highest BCUT2D eigenvalue weighted by Crippen LogP contribution is 2.45. The lowest BCUT2D eigenvalue weighted by molar-refractivity contribution is -0.161. The van der Waals surface area contributed by atoms with Crippen molar-refractivity contribution in [2.75, 3.05) is 39.6 Å². The molecule has 0 saturated carbocycles. The predicted octanol–water partition coefficient (Wildman–Crippen LogP) is 27.0. The van der Waals surface area contributed by atoms with E-state index >= 15 is 0 Å². The number of carbonyl (C=O) groups excluding carboxylic acids is 4. The van der Waals surface area contributed by atoms with Crippen LogP contribution in [0.3, 0.4) is 0 Å². The Morgan fingerprint density at radius 3 is 0.710 bits per heavy atom. The van der Waals surface area contributed by atoms with Crippen LogP contribution in [0.5, 0.6) is 0 Å². The molecule has 0 aliphatic heterocycles. The molecule has 0 aromatic carbocycles. The molecule has 0 saturated heterocycles. The maximum absolute atomic E-state index is 13.2. The van der Waals surface area contributed by atoms with Gasteiger partial charge < -0.3 is 33.8 Å². The summed E-state index contributed by atoms with van der Waals surface area (Å²) in [6.07, 6.45) is 72.4. The van der Waals surface area contributed by atoms with E-state index in [1.54, 1.807) is 0 Å². The fourth-order valence-electron chi connectivity index (χ4n) is 13.7. The molecular weight excluding hydrogens is 1390 g/mol. The van der Waals surface area contributed by atoms with E-state index in [1.807, 2.05) is 0 Å². The van der Waals surface area contributed by atoms with Crippen molar-refractivity contribution in [1.82, 2.24) is 0 Å². The number of hydrogen-bond acceptors (Lipinski definition) is 15. The maximum Gasteiger partial charge on any atom is 0.472 e. The molecule has 107 heavy (non-hydrogen) atoms. The highest BCUT2D eigenvalue weighted by Gasteiger charge is 2.31. The molecule has 0 spiro atoms. The molecule has 0 aliphatic carbocycles. The van der Waals surface area contributed by atoms with Gasteiger partial charge in [-0.1, -0.05) is 420 Å². The molecule has 0 radical (unpaired) electrons. The Labute approximate surface area is 658 Å². The first-order chi connectivity index (χ1) is 51.9. The molecule has 6 atom stereocenters. The van der Waals surface area contributed by atoms with Crippen LogP contribution in [0.25, 0.3) is 0 Å². The number of esters is 4. The van der Waals surface area contributed by atoms with Gasteiger partial charge in [0.05, 0.1) is 26.4 Å². The summed E-state index contributed by atoms with van der Waals surface area (Å²) in [6.45, 7) is 9.74. The van der Waals surface area contributed by atoms with Gasteiger partial charge in [0.1, 0.15) is 19.3 Å². The second-order valence-electron chi connectivity index (χ2n) is 32.4. The zero-order valence-corrected chi connectivity index (χ0v) is 72.2. The largest absolute Gasteiger partial charge is 0.472 e. The van der Waals surface area contributed by atoms with E-state index in [2.05, 4.69) is 41.5 Å². The average molecular weight is 1560 g/mol. The van der Waals surface area contributed by atoms with Crippen molar-refractivity contribution in [1.29, 1.82) is 0 Å². The summed E-state index contributed by atoms with van der Waals surface area (Å²) < 4.78 is 68.9. The van der Waals surface area contributed by atoms with Crippen molar-refractivity contribution in [2.45, 2.75) is 490 Å². The van der Waals surface area contributed by atoms with Gasteiger partial charge in [0, 0.05) is 25.7 Å². The van der Waals surface area contributed by atoms with Crippen LogP contribution in [-0.2, 0) is 65.4 Å². The van der Waals surface area contributed by atoms with Crippen LogP contribution in [0.2, 0.25) is 0 Å². The minimum atomic E-state index is -4.97. The molecule has 17 nitrogen and oxygen atoms in total. The summed E-state index contributed by atoms with van der Waals surface area (Å²) in [5, 5.41) is 10.7. The first-order valence-electron chi connectivity index (χ1n) is 45.5. The fraction of sp³-hybridized carbons (Fsp3) is 0.955. The Bertz CT molecular complexity index is 2050. The lowest BCUT2D eigenvalue weighted by Crippen LogP contribution is -2.30. The fourth-order valence-corrected chi connectivity index (χ4v) is 15.3. The van der Waals surface area contributed by atoms with Crippen molar-refractivity contribution < 1.29 is 80.2 Å². The first kappa shape index (κ1) is 105. The highest BCUT2D eigenvalue weighted by atomic mass is 31.2. The number of phosphoric ester groups is 2.